The summed E-state index contributed by atoms with van der Waals surface area (Å²) in [5.41, 5.74) is 0.449. The van der Waals surface area contributed by atoms with Crippen molar-refractivity contribution in [3.05, 3.63) is 0 Å². The SMILES string of the molecule is CC.CC1CCCCCCCC2C3CCC(C(C)CCC(=O)C#N)C(C)(CCC12)C3. The minimum absolute atomic E-state index is 0.231. The fraction of sp³-hybridized carbons (Fsp3) is 0.929. The molecule has 0 amide bonds. The van der Waals surface area contributed by atoms with E-state index in [0.717, 1.165) is 36.0 Å². The molecule has 0 saturated heterocycles. The lowest BCUT2D eigenvalue weighted by Gasteiger charge is -2.48. The average Bonchev–Trinajstić information content (AvgIpc) is 2.86. The van der Waals surface area contributed by atoms with Crippen molar-refractivity contribution in [3.63, 3.8) is 0 Å². The first-order valence-electron chi connectivity index (χ1n) is 13.4. The van der Waals surface area contributed by atoms with Gasteiger partial charge in [-0.15, -0.1) is 0 Å². The van der Waals surface area contributed by atoms with Crippen molar-refractivity contribution in [1.82, 2.24) is 0 Å². The Balaban J connectivity index is 0.00000155. The van der Waals surface area contributed by atoms with Crippen molar-refractivity contribution in [1.29, 1.82) is 5.26 Å². The Kier molecular flexibility index (Phi) is 10.4. The maximum atomic E-state index is 11.5. The molecule has 3 saturated carbocycles. The van der Waals surface area contributed by atoms with Gasteiger partial charge in [0.05, 0.1) is 0 Å². The van der Waals surface area contributed by atoms with Crippen molar-refractivity contribution in [2.24, 2.45) is 40.9 Å². The van der Waals surface area contributed by atoms with E-state index < -0.39 is 0 Å². The van der Waals surface area contributed by atoms with Gasteiger partial charge in [0, 0.05) is 6.42 Å². The highest BCUT2D eigenvalue weighted by Crippen LogP contribution is 2.58. The van der Waals surface area contributed by atoms with Gasteiger partial charge in [0.1, 0.15) is 6.07 Å². The predicted octanol–water partition coefficient (Wildman–Crippen LogP) is 8.35. The monoisotopic (exact) mass is 415 g/mol. The second-order valence-corrected chi connectivity index (χ2v) is 11.0. The van der Waals surface area contributed by atoms with Crippen LogP contribution < -0.4 is 0 Å². The maximum Gasteiger partial charge on any atom is 0.231 e. The zero-order valence-electron chi connectivity index (χ0n) is 20.7. The highest BCUT2D eigenvalue weighted by molar-refractivity contribution is 5.93. The third-order valence-corrected chi connectivity index (χ3v) is 9.24. The maximum absolute atomic E-state index is 11.5. The number of hydrogen-bond acceptors (Lipinski definition) is 2. The lowest BCUT2D eigenvalue weighted by atomic mass is 9.57. The van der Waals surface area contributed by atoms with Gasteiger partial charge in [0.2, 0.25) is 5.78 Å². The average molecular weight is 416 g/mol. The molecule has 172 valence electrons. The summed E-state index contributed by atoms with van der Waals surface area (Å²) >= 11 is 0. The Hall–Kier alpha value is -0.840. The molecule has 0 aliphatic heterocycles. The van der Waals surface area contributed by atoms with Crippen LogP contribution in [0.2, 0.25) is 0 Å². The van der Waals surface area contributed by atoms with Gasteiger partial charge >= 0.3 is 0 Å². The summed E-state index contributed by atoms with van der Waals surface area (Å²) in [6.45, 7) is 11.5. The zero-order valence-corrected chi connectivity index (χ0v) is 20.7. The smallest absolute Gasteiger partial charge is 0.231 e. The third-order valence-electron chi connectivity index (χ3n) is 9.24. The first kappa shape index (κ1) is 25.4. The molecule has 2 nitrogen and oxygen atoms in total. The lowest BCUT2D eigenvalue weighted by molar-refractivity contribution is -0.114. The van der Waals surface area contributed by atoms with Crippen molar-refractivity contribution in [2.75, 3.05) is 0 Å². The number of nitrogens with zero attached hydrogens (tertiary/aromatic N) is 1. The van der Waals surface area contributed by atoms with Crippen molar-refractivity contribution >= 4 is 5.78 Å². The first-order chi connectivity index (χ1) is 14.4. The molecule has 0 aromatic carbocycles. The first-order valence-corrected chi connectivity index (χ1v) is 13.4. The van der Waals surface area contributed by atoms with E-state index in [4.69, 9.17) is 5.26 Å². The standard InChI is InChI=1S/C26H43NO.C2H6/c1-19-9-7-5-4-6-8-10-24-21-12-14-25(20(2)11-13-22(28)18-27)26(3,17-21)16-15-23(19)24;1-2/h19-21,23-25H,4-17H2,1-3H3;1-2H3. The van der Waals surface area contributed by atoms with E-state index in [1.807, 2.05) is 19.9 Å². The molecule has 0 spiro atoms. The molecule has 3 aliphatic rings. The van der Waals surface area contributed by atoms with Gasteiger partial charge in [0.25, 0.3) is 0 Å². The normalized spacial score (nSPS) is 37.9. The zero-order chi connectivity index (χ0) is 22.1. The summed E-state index contributed by atoms with van der Waals surface area (Å²) in [5.74, 6) is 4.81. The van der Waals surface area contributed by atoms with Crippen molar-refractivity contribution in [3.8, 4) is 6.07 Å². The highest BCUT2D eigenvalue weighted by atomic mass is 16.1. The summed E-state index contributed by atoms with van der Waals surface area (Å²) in [6, 6.07) is 1.81. The molecule has 0 heterocycles. The number of carbonyl (C=O) groups excluding carboxylic acids is 1. The Labute approximate surface area is 187 Å². The Morgan fingerprint density at radius 3 is 2.37 bits per heavy atom. The number of fused-ring (bicyclic) bond motifs is 4. The number of ketones is 1. The molecular formula is C28H49NO. The van der Waals surface area contributed by atoms with Gasteiger partial charge in [-0.05, 0) is 85.9 Å². The van der Waals surface area contributed by atoms with E-state index in [1.165, 1.54) is 77.0 Å². The largest absolute Gasteiger partial charge is 0.283 e. The fourth-order valence-electron chi connectivity index (χ4n) is 7.64. The highest BCUT2D eigenvalue weighted by Gasteiger charge is 2.48. The van der Waals surface area contributed by atoms with Crippen molar-refractivity contribution in [2.45, 2.75) is 125 Å². The molecule has 7 unspecified atom stereocenters. The second kappa shape index (κ2) is 12.3. The van der Waals surface area contributed by atoms with E-state index in [2.05, 4.69) is 20.8 Å². The van der Waals surface area contributed by atoms with Crippen LogP contribution in [-0.2, 0) is 4.79 Å². The number of carbonyl (C=O) groups is 1. The molecule has 7 atom stereocenters. The second-order valence-electron chi connectivity index (χ2n) is 11.0. The van der Waals surface area contributed by atoms with Crippen LogP contribution in [0, 0.1) is 52.3 Å². The van der Waals surface area contributed by atoms with Crippen LogP contribution >= 0.6 is 0 Å². The summed E-state index contributed by atoms with van der Waals surface area (Å²) in [6.07, 6.45) is 18.5. The van der Waals surface area contributed by atoms with Crippen LogP contribution in [0.1, 0.15) is 125 Å². The molecule has 3 fully saturated rings. The molecule has 0 N–H and O–H groups in total. The van der Waals surface area contributed by atoms with Crippen molar-refractivity contribution < 1.29 is 4.79 Å². The number of nitriles is 1. The summed E-state index contributed by atoms with van der Waals surface area (Å²) < 4.78 is 0. The minimum Gasteiger partial charge on any atom is -0.283 e. The molecule has 2 bridgehead atoms. The quantitative estimate of drug-likeness (QED) is 0.433. The molecule has 30 heavy (non-hydrogen) atoms. The minimum atomic E-state index is -0.231. The van der Waals surface area contributed by atoms with Crippen LogP contribution in [0.25, 0.3) is 0 Å². The van der Waals surface area contributed by atoms with Gasteiger partial charge in [-0.25, -0.2) is 0 Å². The van der Waals surface area contributed by atoms with E-state index in [1.54, 1.807) is 0 Å². The van der Waals surface area contributed by atoms with Crippen LogP contribution in [0.3, 0.4) is 0 Å². The van der Waals surface area contributed by atoms with Gasteiger partial charge < -0.3 is 0 Å². The molecule has 3 rings (SSSR count). The van der Waals surface area contributed by atoms with Crippen LogP contribution in [0.4, 0.5) is 0 Å². The summed E-state index contributed by atoms with van der Waals surface area (Å²) in [4.78, 5) is 11.5. The van der Waals surface area contributed by atoms with Crippen LogP contribution in [-0.4, -0.2) is 5.78 Å². The Morgan fingerprint density at radius 1 is 1.00 bits per heavy atom. The van der Waals surface area contributed by atoms with Crippen LogP contribution in [0.5, 0.6) is 0 Å². The number of Topliss-reactive ketones (excluding diaryl/α,β-unsaturated/α-hetero) is 1. The van der Waals surface area contributed by atoms with Gasteiger partial charge in [-0.3, -0.25) is 4.79 Å². The van der Waals surface area contributed by atoms with E-state index in [0.29, 0.717) is 17.8 Å². The van der Waals surface area contributed by atoms with Gasteiger partial charge in [-0.1, -0.05) is 73.1 Å². The fourth-order valence-corrected chi connectivity index (χ4v) is 7.64. The Morgan fingerprint density at radius 2 is 1.67 bits per heavy atom. The van der Waals surface area contributed by atoms with E-state index >= 15 is 0 Å². The number of hydrogen-bond donors (Lipinski definition) is 0. The lowest BCUT2D eigenvalue weighted by Crippen LogP contribution is -2.39. The number of rotatable bonds is 4. The Bertz CT molecular complexity index is 563. The molecule has 3 aliphatic carbocycles. The molecule has 2 heteroatoms. The third kappa shape index (κ3) is 6.34. The van der Waals surface area contributed by atoms with Gasteiger partial charge in [0.15, 0.2) is 0 Å². The van der Waals surface area contributed by atoms with E-state index in [-0.39, 0.29) is 5.78 Å². The van der Waals surface area contributed by atoms with Crippen LogP contribution in [0.15, 0.2) is 0 Å². The van der Waals surface area contributed by atoms with E-state index in [9.17, 15) is 4.79 Å². The molecule has 0 aromatic rings. The predicted molar refractivity (Wildman–Crippen MR) is 127 cm³/mol. The topological polar surface area (TPSA) is 40.9 Å². The molecular weight excluding hydrogens is 366 g/mol. The molecule has 0 aromatic heterocycles. The molecule has 0 radical (unpaired) electrons. The van der Waals surface area contributed by atoms with Gasteiger partial charge in [-0.2, -0.15) is 5.26 Å². The summed E-state index contributed by atoms with van der Waals surface area (Å²) in [7, 11) is 0. The summed E-state index contributed by atoms with van der Waals surface area (Å²) in [5, 5.41) is 8.82.